The average molecular weight is 319 g/mol. The van der Waals surface area contributed by atoms with Crippen molar-refractivity contribution in [3.63, 3.8) is 0 Å². The van der Waals surface area contributed by atoms with Crippen molar-refractivity contribution in [1.82, 2.24) is 5.32 Å². The van der Waals surface area contributed by atoms with E-state index < -0.39 is 0 Å². The quantitative estimate of drug-likeness (QED) is 0.745. The Morgan fingerprint density at radius 1 is 1.35 bits per heavy atom. The molecule has 1 saturated carbocycles. The fourth-order valence-corrected chi connectivity index (χ4v) is 2.98. The Kier molecular flexibility index (Phi) is 5.98. The third-order valence-corrected chi connectivity index (χ3v) is 4.23. The molecular formula is C17H25N3O3. The minimum absolute atomic E-state index is 0.0178. The number of carbonyl (C=O) groups is 2. The molecule has 0 bridgehead atoms. The summed E-state index contributed by atoms with van der Waals surface area (Å²) in [6.07, 6.45) is 3.63. The summed E-state index contributed by atoms with van der Waals surface area (Å²) in [5.41, 5.74) is 7.50. The summed E-state index contributed by atoms with van der Waals surface area (Å²) in [6, 6.07) is 5.60. The Hall–Kier alpha value is -2.08. The van der Waals surface area contributed by atoms with Gasteiger partial charge in [-0.05, 0) is 36.5 Å². The van der Waals surface area contributed by atoms with Crippen LogP contribution in [0, 0.1) is 5.92 Å². The predicted octanol–water partition coefficient (Wildman–Crippen LogP) is 1.79. The molecule has 1 aromatic rings. The first kappa shape index (κ1) is 17.3. The molecule has 0 radical (unpaired) electrons. The summed E-state index contributed by atoms with van der Waals surface area (Å²) in [5.74, 6) is 0.733. The largest absolute Gasteiger partial charge is 0.495 e. The van der Waals surface area contributed by atoms with E-state index in [-0.39, 0.29) is 17.9 Å². The first-order valence-electron chi connectivity index (χ1n) is 7.96. The highest BCUT2D eigenvalue weighted by Gasteiger charge is 2.25. The second kappa shape index (κ2) is 7.97. The monoisotopic (exact) mass is 319 g/mol. The van der Waals surface area contributed by atoms with Gasteiger partial charge in [0.15, 0.2) is 0 Å². The maximum absolute atomic E-state index is 12.0. The molecule has 23 heavy (non-hydrogen) atoms. The maximum atomic E-state index is 12.0. The minimum Gasteiger partial charge on any atom is -0.495 e. The van der Waals surface area contributed by atoms with Gasteiger partial charge >= 0.3 is 0 Å². The summed E-state index contributed by atoms with van der Waals surface area (Å²) in [7, 11) is 1.55. The second-order valence-corrected chi connectivity index (χ2v) is 6.05. The molecule has 0 aromatic heterocycles. The average Bonchev–Trinajstić information content (AvgIpc) is 2.90. The van der Waals surface area contributed by atoms with E-state index in [1.807, 2.05) is 12.1 Å². The van der Waals surface area contributed by atoms with E-state index in [1.165, 1.54) is 6.92 Å². The smallest absolute Gasteiger partial charge is 0.221 e. The normalized spacial score (nSPS) is 20.1. The Labute approximate surface area is 136 Å². The summed E-state index contributed by atoms with van der Waals surface area (Å²) < 4.78 is 5.21. The van der Waals surface area contributed by atoms with Gasteiger partial charge in [-0.1, -0.05) is 12.5 Å². The van der Waals surface area contributed by atoms with Gasteiger partial charge in [0, 0.05) is 25.9 Å². The summed E-state index contributed by atoms with van der Waals surface area (Å²) in [4.78, 5) is 23.3. The van der Waals surface area contributed by atoms with Crippen molar-refractivity contribution < 1.29 is 14.3 Å². The number of nitrogens with one attached hydrogen (secondary N) is 2. The molecule has 0 unspecified atom stereocenters. The second-order valence-electron chi connectivity index (χ2n) is 6.05. The van der Waals surface area contributed by atoms with E-state index in [0.717, 1.165) is 24.8 Å². The fourth-order valence-electron chi connectivity index (χ4n) is 2.98. The van der Waals surface area contributed by atoms with E-state index in [1.54, 1.807) is 13.2 Å². The maximum Gasteiger partial charge on any atom is 0.221 e. The lowest BCUT2D eigenvalue weighted by Crippen LogP contribution is -2.31. The zero-order chi connectivity index (χ0) is 16.8. The molecule has 1 fully saturated rings. The number of nitrogens with two attached hydrogens (primary N) is 1. The number of carbonyl (C=O) groups excluding carboxylic acids is 2. The molecule has 2 rings (SSSR count). The first-order chi connectivity index (χ1) is 11.0. The first-order valence-corrected chi connectivity index (χ1v) is 7.96. The van der Waals surface area contributed by atoms with Gasteiger partial charge in [0.2, 0.25) is 11.8 Å². The Morgan fingerprint density at radius 2 is 2.13 bits per heavy atom. The van der Waals surface area contributed by atoms with E-state index in [2.05, 4.69) is 10.6 Å². The Bertz CT molecular complexity index is 574. The highest BCUT2D eigenvalue weighted by molar-refractivity contribution is 5.90. The molecule has 1 aliphatic rings. The van der Waals surface area contributed by atoms with Crippen LogP contribution in [0.4, 0.5) is 5.69 Å². The molecule has 0 heterocycles. The van der Waals surface area contributed by atoms with Crippen LogP contribution in [0.5, 0.6) is 5.75 Å². The van der Waals surface area contributed by atoms with Crippen LogP contribution in [-0.2, 0) is 16.1 Å². The van der Waals surface area contributed by atoms with Crippen LogP contribution in [0.15, 0.2) is 18.2 Å². The van der Waals surface area contributed by atoms with Crippen molar-refractivity contribution in [2.45, 2.75) is 45.2 Å². The van der Waals surface area contributed by atoms with Gasteiger partial charge in [-0.2, -0.15) is 0 Å². The molecule has 0 saturated heterocycles. The van der Waals surface area contributed by atoms with Crippen molar-refractivity contribution >= 4 is 17.5 Å². The molecule has 6 nitrogen and oxygen atoms in total. The van der Waals surface area contributed by atoms with Gasteiger partial charge < -0.3 is 21.1 Å². The van der Waals surface area contributed by atoms with Gasteiger partial charge in [-0.25, -0.2) is 0 Å². The number of rotatable bonds is 6. The molecule has 1 aliphatic carbocycles. The van der Waals surface area contributed by atoms with Crippen LogP contribution in [0.25, 0.3) is 0 Å². The molecule has 6 heteroatoms. The lowest BCUT2D eigenvalue weighted by atomic mass is 10.00. The lowest BCUT2D eigenvalue weighted by molar-refractivity contribution is -0.122. The van der Waals surface area contributed by atoms with E-state index >= 15 is 0 Å². The van der Waals surface area contributed by atoms with Crippen LogP contribution in [-0.4, -0.2) is 25.0 Å². The molecule has 2 atom stereocenters. The fraction of sp³-hybridized carbons (Fsp3) is 0.529. The number of anilines is 1. The highest BCUT2D eigenvalue weighted by Crippen LogP contribution is 2.27. The van der Waals surface area contributed by atoms with Crippen LogP contribution >= 0.6 is 0 Å². The zero-order valence-electron chi connectivity index (χ0n) is 13.7. The lowest BCUT2D eigenvalue weighted by Gasteiger charge is -2.15. The Balaban J connectivity index is 1.91. The molecule has 0 aliphatic heterocycles. The van der Waals surface area contributed by atoms with Gasteiger partial charge in [0.05, 0.1) is 12.8 Å². The number of benzene rings is 1. The van der Waals surface area contributed by atoms with Gasteiger partial charge in [-0.15, -0.1) is 0 Å². The molecule has 2 amide bonds. The Morgan fingerprint density at radius 3 is 2.74 bits per heavy atom. The standard InChI is InChI=1S/C17H25N3O3/c1-11(21)20-15-8-12(6-7-16(15)23-2)10-19-17(22)9-13-4-3-5-14(13)18/h6-8,13-14H,3-5,9-10,18H2,1-2H3,(H,19,22)(H,20,21)/t13-,14+/m0/s1. The van der Waals surface area contributed by atoms with Crippen molar-refractivity contribution in [1.29, 1.82) is 0 Å². The van der Waals surface area contributed by atoms with E-state index in [4.69, 9.17) is 10.5 Å². The summed E-state index contributed by atoms with van der Waals surface area (Å²) in [6.45, 7) is 1.86. The molecular weight excluding hydrogens is 294 g/mol. The zero-order valence-corrected chi connectivity index (χ0v) is 13.7. The third-order valence-electron chi connectivity index (χ3n) is 4.23. The van der Waals surface area contributed by atoms with Crippen molar-refractivity contribution in [2.24, 2.45) is 11.7 Å². The number of amides is 2. The van der Waals surface area contributed by atoms with Crippen LogP contribution < -0.4 is 21.1 Å². The molecule has 1 aromatic carbocycles. The number of hydrogen-bond donors (Lipinski definition) is 3. The summed E-state index contributed by atoms with van der Waals surface area (Å²) in [5, 5.41) is 5.64. The van der Waals surface area contributed by atoms with Crippen LogP contribution in [0.3, 0.4) is 0 Å². The van der Waals surface area contributed by atoms with E-state index in [0.29, 0.717) is 30.3 Å². The van der Waals surface area contributed by atoms with Crippen molar-refractivity contribution in [3.8, 4) is 5.75 Å². The predicted molar refractivity (Wildman–Crippen MR) is 89.1 cm³/mol. The minimum atomic E-state index is -0.167. The van der Waals surface area contributed by atoms with Crippen molar-refractivity contribution in [3.05, 3.63) is 23.8 Å². The third kappa shape index (κ3) is 4.96. The highest BCUT2D eigenvalue weighted by atomic mass is 16.5. The van der Waals surface area contributed by atoms with Gasteiger partial charge in [0.1, 0.15) is 5.75 Å². The van der Waals surface area contributed by atoms with Gasteiger partial charge in [0.25, 0.3) is 0 Å². The SMILES string of the molecule is COc1ccc(CNC(=O)C[C@@H]2CCC[C@H]2N)cc1NC(C)=O. The van der Waals surface area contributed by atoms with Crippen LogP contribution in [0.2, 0.25) is 0 Å². The van der Waals surface area contributed by atoms with Gasteiger partial charge in [-0.3, -0.25) is 9.59 Å². The summed E-state index contributed by atoms with van der Waals surface area (Å²) >= 11 is 0. The molecule has 0 spiro atoms. The van der Waals surface area contributed by atoms with Crippen molar-refractivity contribution in [2.75, 3.05) is 12.4 Å². The number of hydrogen-bond acceptors (Lipinski definition) is 4. The molecule has 126 valence electrons. The van der Waals surface area contributed by atoms with Crippen LogP contribution in [0.1, 0.15) is 38.2 Å². The molecule has 4 N–H and O–H groups in total. The number of methoxy groups -OCH3 is 1. The number of ether oxygens (including phenoxy) is 1. The topological polar surface area (TPSA) is 93.4 Å². The van der Waals surface area contributed by atoms with E-state index in [9.17, 15) is 9.59 Å².